The van der Waals surface area contributed by atoms with Crippen molar-refractivity contribution in [3.05, 3.63) is 71.8 Å². The van der Waals surface area contributed by atoms with E-state index >= 15 is 0 Å². The third-order valence-electron chi connectivity index (χ3n) is 5.76. The Balaban J connectivity index is 1.37. The fourth-order valence-corrected chi connectivity index (χ4v) is 3.87. The van der Waals surface area contributed by atoms with E-state index in [4.69, 9.17) is 18.9 Å². The van der Waals surface area contributed by atoms with Gasteiger partial charge in [-0.25, -0.2) is 4.79 Å². The van der Waals surface area contributed by atoms with Crippen LogP contribution in [0.4, 0.5) is 18.0 Å². The van der Waals surface area contributed by atoms with E-state index in [0.717, 1.165) is 5.56 Å². The predicted molar refractivity (Wildman–Crippen MR) is 134 cm³/mol. The first-order valence-corrected chi connectivity index (χ1v) is 12.6. The van der Waals surface area contributed by atoms with Crippen LogP contribution in [0.15, 0.2) is 60.7 Å². The van der Waals surface area contributed by atoms with E-state index in [1.807, 2.05) is 36.4 Å². The molecule has 0 spiro atoms. The standard InChI is InChI=1S/C27H33F3N2O7/c28-27(29,30)39-18-16-36-14-13-35-15-17-37-23-11-12-32(19-23)25(33)24(22-9-5-2-6-10-22)31-26(34)38-20-21-7-3-1-4-8-21/h1-10,23-24H,11-20H2,(H,31,34)/t23-,24-/m0/s1. The number of likely N-dealkylation sites (tertiary alicyclic amines) is 1. The zero-order valence-electron chi connectivity index (χ0n) is 21.4. The molecule has 0 aliphatic carbocycles. The van der Waals surface area contributed by atoms with Crippen molar-refractivity contribution in [1.29, 1.82) is 0 Å². The number of benzene rings is 2. The number of alkyl halides is 3. The van der Waals surface area contributed by atoms with Crippen molar-refractivity contribution in [3.8, 4) is 0 Å². The van der Waals surface area contributed by atoms with E-state index in [1.54, 1.807) is 29.2 Å². The van der Waals surface area contributed by atoms with Gasteiger partial charge in [-0.1, -0.05) is 60.7 Å². The van der Waals surface area contributed by atoms with Crippen LogP contribution >= 0.6 is 0 Å². The molecule has 1 aliphatic heterocycles. The Morgan fingerprint density at radius 1 is 0.897 bits per heavy atom. The highest BCUT2D eigenvalue weighted by Gasteiger charge is 2.33. The topological polar surface area (TPSA) is 95.6 Å². The number of alkyl carbamates (subject to hydrolysis) is 1. The molecule has 1 fully saturated rings. The summed E-state index contributed by atoms with van der Waals surface area (Å²) in [6.07, 6.45) is -4.91. The largest absolute Gasteiger partial charge is 0.522 e. The van der Waals surface area contributed by atoms with Crippen LogP contribution in [-0.4, -0.2) is 82.1 Å². The van der Waals surface area contributed by atoms with Gasteiger partial charge in [-0.2, -0.15) is 0 Å². The average molecular weight is 555 g/mol. The van der Waals surface area contributed by atoms with Gasteiger partial charge < -0.3 is 29.2 Å². The second kappa shape index (κ2) is 16.0. The molecule has 1 N–H and O–H groups in total. The molecule has 0 radical (unpaired) electrons. The lowest BCUT2D eigenvalue weighted by molar-refractivity contribution is -0.327. The van der Waals surface area contributed by atoms with Crippen LogP contribution in [-0.2, 0) is 35.1 Å². The Morgan fingerprint density at radius 3 is 2.18 bits per heavy atom. The number of nitrogens with one attached hydrogen (secondary N) is 1. The van der Waals surface area contributed by atoms with Crippen molar-refractivity contribution in [2.75, 3.05) is 52.7 Å². The quantitative estimate of drug-likeness (QED) is 0.334. The SMILES string of the molecule is O=C(N[C@H](C(=O)N1CC[C@H](OCCOCCOCCOC(F)(F)F)C1)c1ccccc1)OCc1ccccc1. The van der Waals surface area contributed by atoms with Gasteiger partial charge in [0.05, 0.1) is 45.7 Å². The van der Waals surface area contributed by atoms with Crippen molar-refractivity contribution in [1.82, 2.24) is 10.2 Å². The number of hydrogen-bond acceptors (Lipinski definition) is 7. The summed E-state index contributed by atoms with van der Waals surface area (Å²) in [7, 11) is 0. The van der Waals surface area contributed by atoms with Crippen LogP contribution in [0.5, 0.6) is 0 Å². The van der Waals surface area contributed by atoms with E-state index in [-0.39, 0.29) is 51.7 Å². The Hall–Kier alpha value is -3.19. The zero-order valence-corrected chi connectivity index (χ0v) is 21.4. The number of carbonyl (C=O) groups excluding carboxylic acids is 2. The first-order chi connectivity index (χ1) is 18.8. The van der Waals surface area contributed by atoms with Crippen molar-refractivity contribution >= 4 is 12.0 Å². The zero-order chi connectivity index (χ0) is 27.9. The number of hydrogen-bond donors (Lipinski definition) is 1. The predicted octanol–water partition coefficient (Wildman–Crippen LogP) is 3.84. The van der Waals surface area contributed by atoms with Crippen LogP contribution in [0.1, 0.15) is 23.6 Å². The van der Waals surface area contributed by atoms with Gasteiger partial charge in [-0.3, -0.25) is 9.53 Å². The molecule has 9 nitrogen and oxygen atoms in total. The number of carbonyl (C=O) groups is 2. The highest BCUT2D eigenvalue weighted by molar-refractivity contribution is 5.87. The van der Waals surface area contributed by atoms with Crippen LogP contribution in [0.25, 0.3) is 0 Å². The molecule has 2 atom stereocenters. The smallest absolute Gasteiger partial charge is 0.445 e. The third-order valence-corrected chi connectivity index (χ3v) is 5.76. The summed E-state index contributed by atoms with van der Waals surface area (Å²) in [5.41, 5.74) is 1.48. The lowest BCUT2D eigenvalue weighted by Gasteiger charge is -2.24. The second-order valence-corrected chi connectivity index (χ2v) is 8.63. The van der Waals surface area contributed by atoms with Gasteiger partial charge in [0, 0.05) is 13.1 Å². The minimum absolute atomic E-state index is 0.0860. The van der Waals surface area contributed by atoms with Crippen LogP contribution in [0, 0.1) is 0 Å². The summed E-state index contributed by atoms with van der Waals surface area (Å²) in [5, 5.41) is 2.70. The molecule has 0 unspecified atom stereocenters. The molecule has 39 heavy (non-hydrogen) atoms. The lowest BCUT2D eigenvalue weighted by atomic mass is 10.1. The molecule has 2 aromatic carbocycles. The van der Waals surface area contributed by atoms with E-state index in [1.165, 1.54) is 0 Å². The molecule has 1 heterocycles. The van der Waals surface area contributed by atoms with Gasteiger partial charge in [0.15, 0.2) is 0 Å². The molecule has 0 bridgehead atoms. The minimum atomic E-state index is -4.66. The second-order valence-electron chi connectivity index (χ2n) is 8.63. The monoisotopic (exact) mass is 554 g/mol. The van der Waals surface area contributed by atoms with Crippen LogP contribution in [0.3, 0.4) is 0 Å². The summed E-state index contributed by atoms with van der Waals surface area (Å²) in [4.78, 5) is 27.5. The number of rotatable bonds is 15. The number of amides is 2. The Kier molecular flexibility index (Phi) is 12.5. The number of nitrogens with zero attached hydrogens (tertiary/aromatic N) is 1. The van der Waals surface area contributed by atoms with Crippen molar-refractivity contribution in [2.45, 2.75) is 31.5 Å². The maximum absolute atomic E-state index is 13.4. The molecule has 3 rings (SSSR count). The van der Waals surface area contributed by atoms with Gasteiger partial charge in [-0.05, 0) is 17.5 Å². The molecule has 12 heteroatoms. The van der Waals surface area contributed by atoms with E-state index in [9.17, 15) is 22.8 Å². The molecule has 0 saturated carbocycles. The first kappa shape index (κ1) is 30.4. The molecule has 2 amide bonds. The van der Waals surface area contributed by atoms with Crippen molar-refractivity contribution in [2.24, 2.45) is 0 Å². The summed E-state index contributed by atoms with van der Waals surface area (Å²) in [5.74, 6) is -0.258. The molecular formula is C27H33F3N2O7. The average Bonchev–Trinajstić information content (AvgIpc) is 3.41. The maximum atomic E-state index is 13.4. The van der Waals surface area contributed by atoms with E-state index in [0.29, 0.717) is 25.1 Å². The Bertz CT molecular complexity index is 996. The van der Waals surface area contributed by atoms with Gasteiger partial charge in [0.2, 0.25) is 5.91 Å². The molecule has 0 aromatic heterocycles. The minimum Gasteiger partial charge on any atom is -0.445 e. The highest BCUT2D eigenvalue weighted by Crippen LogP contribution is 2.21. The third kappa shape index (κ3) is 11.6. The Morgan fingerprint density at radius 2 is 1.51 bits per heavy atom. The van der Waals surface area contributed by atoms with Gasteiger partial charge >= 0.3 is 12.5 Å². The number of ether oxygens (including phenoxy) is 5. The van der Waals surface area contributed by atoms with Crippen LogP contribution in [0.2, 0.25) is 0 Å². The summed E-state index contributed by atoms with van der Waals surface area (Å²) in [6.45, 7) is 1.07. The molecule has 214 valence electrons. The van der Waals surface area contributed by atoms with E-state index < -0.39 is 25.1 Å². The normalized spacial score (nSPS) is 16.2. The lowest BCUT2D eigenvalue weighted by Crippen LogP contribution is -2.42. The number of halogens is 3. The highest BCUT2D eigenvalue weighted by atomic mass is 19.4. The maximum Gasteiger partial charge on any atom is 0.522 e. The van der Waals surface area contributed by atoms with Crippen molar-refractivity contribution in [3.63, 3.8) is 0 Å². The molecule has 2 aromatic rings. The summed E-state index contributed by atoms with van der Waals surface area (Å²) >= 11 is 0. The molecule has 1 aliphatic rings. The first-order valence-electron chi connectivity index (χ1n) is 12.6. The molecular weight excluding hydrogens is 521 g/mol. The Labute approximate surface area is 225 Å². The molecule has 1 saturated heterocycles. The van der Waals surface area contributed by atoms with Gasteiger partial charge in [0.25, 0.3) is 0 Å². The van der Waals surface area contributed by atoms with Gasteiger partial charge in [0.1, 0.15) is 12.6 Å². The fourth-order valence-electron chi connectivity index (χ4n) is 3.87. The van der Waals surface area contributed by atoms with Gasteiger partial charge in [-0.15, -0.1) is 13.2 Å². The van der Waals surface area contributed by atoms with Crippen LogP contribution < -0.4 is 5.32 Å². The summed E-state index contributed by atoms with van der Waals surface area (Å²) in [6, 6.07) is 17.3. The van der Waals surface area contributed by atoms with E-state index in [2.05, 4.69) is 10.1 Å². The summed E-state index contributed by atoms with van der Waals surface area (Å²) < 4.78 is 60.7. The van der Waals surface area contributed by atoms with Crippen molar-refractivity contribution < 1.29 is 46.4 Å². The fraction of sp³-hybridized carbons (Fsp3) is 0.481.